The summed E-state index contributed by atoms with van der Waals surface area (Å²) < 4.78 is 11.8. The fourth-order valence-electron chi connectivity index (χ4n) is 4.61. The lowest BCUT2D eigenvalue weighted by Crippen LogP contribution is -2.47. The number of carbonyl (C=O) groups excluding carboxylic acids is 2. The molecule has 1 aliphatic carbocycles. The molecule has 35 heavy (non-hydrogen) atoms. The molecule has 6 nitrogen and oxygen atoms in total. The van der Waals surface area contributed by atoms with Crippen molar-refractivity contribution >= 4 is 17.9 Å². The van der Waals surface area contributed by atoms with Gasteiger partial charge in [-0.2, -0.15) is 5.26 Å². The van der Waals surface area contributed by atoms with E-state index in [0.29, 0.717) is 35.9 Å². The summed E-state index contributed by atoms with van der Waals surface area (Å²) in [5, 5.41) is 9.65. The molecule has 1 saturated carbocycles. The van der Waals surface area contributed by atoms with Gasteiger partial charge in [-0.3, -0.25) is 14.5 Å². The number of nitriles is 1. The minimum Gasteiger partial charge on any atom is -0.490 e. The van der Waals surface area contributed by atoms with Gasteiger partial charge in [0, 0.05) is 11.6 Å². The van der Waals surface area contributed by atoms with E-state index in [-0.39, 0.29) is 17.5 Å². The van der Waals surface area contributed by atoms with Gasteiger partial charge >= 0.3 is 0 Å². The zero-order chi connectivity index (χ0) is 24.9. The van der Waals surface area contributed by atoms with Gasteiger partial charge < -0.3 is 9.47 Å². The maximum Gasteiger partial charge on any atom is 0.271 e. The van der Waals surface area contributed by atoms with Gasteiger partial charge in [0.2, 0.25) is 0 Å². The Labute approximate surface area is 206 Å². The fourth-order valence-corrected chi connectivity index (χ4v) is 4.61. The number of imide groups is 1. The van der Waals surface area contributed by atoms with Gasteiger partial charge in [-0.05, 0) is 68.5 Å². The number of rotatable bonds is 7. The van der Waals surface area contributed by atoms with E-state index >= 15 is 0 Å². The van der Waals surface area contributed by atoms with Crippen LogP contribution in [0.3, 0.4) is 0 Å². The molecule has 6 heteroatoms. The van der Waals surface area contributed by atoms with Gasteiger partial charge in [0.1, 0.15) is 18.2 Å². The van der Waals surface area contributed by atoms with Crippen LogP contribution in [0.5, 0.6) is 11.5 Å². The molecule has 2 amide bonds. The van der Waals surface area contributed by atoms with Crippen LogP contribution in [-0.4, -0.2) is 29.4 Å². The summed E-state index contributed by atoms with van der Waals surface area (Å²) in [5.41, 5.74) is 3.79. The molecule has 4 rings (SSSR count). The summed E-state index contributed by atoms with van der Waals surface area (Å²) in [6.07, 6.45) is 5.25. The molecule has 1 fully saturated rings. The SMILES string of the molecule is CCOc1cc(/C=C2/C(=O)N(C3CCCC3)C(=O)C(C#N)=C2C)ccc1OCc1ccc(C)cc1. The first-order valence-corrected chi connectivity index (χ1v) is 12.1. The molecule has 0 spiro atoms. The molecule has 2 aromatic rings. The zero-order valence-electron chi connectivity index (χ0n) is 20.5. The molecule has 0 atom stereocenters. The molecule has 2 aromatic carbocycles. The maximum absolute atomic E-state index is 13.4. The smallest absolute Gasteiger partial charge is 0.271 e. The minimum atomic E-state index is -0.478. The number of amides is 2. The summed E-state index contributed by atoms with van der Waals surface area (Å²) in [5.74, 6) is 0.366. The second kappa shape index (κ2) is 10.6. The molecule has 0 unspecified atom stereocenters. The summed E-state index contributed by atoms with van der Waals surface area (Å²) in [7, 11) is 0. The molecule has 1 aliphatic heterocycles. The number of nitrogens with zero attached hydrogens (tertiary/aromatic N) is 2. The molecular weight excluding hydrogens is 440 g/mol. The quantitative estimate of drug-likeness (QED) is 0.394. The van der Waals surface area contributed by atoms with Gasteiger partial charge in [0.15, 0.2) is 11.5 Å². The second-order valence-corrected chi connectivity index (χ2v) is 9.00. The normalized spacial score (nSPS) is 17.8. The number of ether oxygens (including phenoxy) is 2. The van der Waals surface area contributed by atoms with Gasteiger partial charge in [-0.25, -0.2) is 0 Å². The van der Waals surface area contributed by atoms with Crippen LogP contribution in [0.1, 0.15) is 56.2 Å². The third-order valence-corrected chi connectivity index (χ3v) is 6.56. The molecule has 0 aromatic heterocycles. The van der Waals surface area contributed by atoms with Crippen molar-refractivity contribution in [3.05, 3.63) is 75.9 Å². The Morgan fingerprint density at radius 3 is 2.37 bits per heavy atom. The Balaban J connectivity index is 1.65. The van der Waals surface area contributed by atoms with Gasteiger partial charge in [0.25, 0.3) is 11.8 Å². The van der Waals surface area contributed by atoms with Crippen molar-refractivity contribution in [2.75, 3.05) is 6.61 Å². The van der Waals surface area contributed by atoms with Gasteiger partial charge in [-0.1, -0.05) is 48.7 Å². The standard InChI is InChI=1S/C29H30N2O4/c1-4-34-27-16-22(13-14-26(27)35-18-21-11-9-19(2)10-12-21)15-24-20(3)25(17-30)29(33)31(28(24)32)23-7-5-6-8-23/h9-16,23H,4-8,18H2,1-3H3/b24-15+. The van der Waals surface area contributed by atoms with Gasteiger partial charge in [0.05, 0.1) is 6.61 Å². The Morgan fingerprint density at radius 1 is 1.00 bits per heavy atom. The number of hydrogen-bond donors (Lipinski definition) is 0. The largest absolute Gasteiger partial charge is 0.490 e. The summed E-state index contributed by atoms with van der Waals surface area (Å²) in [6.45, 7) is 6.47. The molecule has 0 bridgehead atoms. The van der Waals surface area contributed by atoms with Crippen LogP contribution in [0, 0.1) is 18.3 Å². The first-order chi connectivity index (χ1) is 16.9. The van der Waals surface area contributed by atoms with E-state index in [4.69, 9.17) is 9.47 Å². The van der Waals surface area contributed by atoms with E-state index in [0.717, 1.165) is 36.8 Å². The number of benzene rings is 2. The van der Waals surface area contributed by atoms with Crippen LogP contribution < -0.4 is 9.47 Å². The van der Waals surface area contributed by atoms with Crippen molar-refractivity contribution in [1.82, 2.24) is 4.90 Å². The third-order valence-electron chi connectivity index (χ3n) is 6.56. The Bertz CT molecular complexity index is 1230. The number of aryl methyl sites for hydroxylation is 1. The van der Waals surface area contributed by atoms with Crippen LogP contribution >= 0.6 is 0 Å². The van der Waals surface area contributed by atoms with Crippen molar-refractivity contribution in [2.24, 2.45) is 0 Å². The van der Waals surface area contributed by atoms with Crippen LogP contribution in [0.2, 0.25) is 0 Å². The highest BCUT2D eigenvalue weighted by molar-refractivity contribution is 6.20. The average molecular weight is 471 g/mol. The highest BCUT2D eigenvalue weighted by Gasteiger charge is 2.40. The van der Waals surface area contributed by atoms with Crippen LogP contribution in [0.25, 0.3) is 6.08 Å². The zero-order valence-corrected chi connectivity index (χ0v) is 20.5. The van der Waals surface area contributed by atoms with E-state index in [2.05, 4.69) is 0 Å². The van der Waals surface area contributed by atoms with E-state index in [9.17, 15) is 14.9 Å². The lowest BCUT2D eigenvalue weighted by Gasteiger charge is -2.32. The molecule has 0 saturated heterocycles. The lowest BCUT2D eigenvalue weighted by atomic mass is 9.92. The minimum absolute atomic E-state index is 0.0332. The van der Waals surface area contributed by atoms with E-state index in [1.807, 2.05) is 62.4 Å². The van der Waals surface area contributed by atoms with E-state index in [1.165, 1.54) is 10.5 Å². The molecular formula is C29H30N2O4. The second-order valence-electron chi connectivity index (χ2n) is 9.00. The predicted octanol–water partition coefficient (Wildman–Crippen LogP) is 5.51. The monoisotopic (exact) mass is 470 g/mol. The summed E-state index contributed by atoms with van der Waals surface area (Å²) >= 11 is 0. The lowest BCUT2D eigenvalue weighted by molar-refractivity contribution is -0.143. The van der Waals surface area contributed by atoms with Crippen molar-refractivity contribution in [3.8, 4) is 17.6 Å². The highest BCUT2D eigenvalue weighted by Crippen LogP contribution is 2.35. The Hall–Kier alpha value is -3.85. The van der Waals surface area contributed by atoms with Gasteiger partial charge in [-0.15, -0.1) is 0 Å². The predicted molar refractivity (Wildman–Crippen MR) is 134 cm³/mol. The van der Waals surface area contributed by atoms with Crippen molar-refractivity contribution in [2.45, 2.75) is 59.1 Å². The van der Waals surface area contributed by atoms with Crippen LogP contribution in [0.4, 0.5) is 0 Å². The highest BCUT2D eigenvalue weighted by atomic mass is 16.5. The average Bonchev–Trinajstić information content (AvgIpc) is 3.37. The first kappa shape index (κ1) is 24.3. The topological polar surface area (TPSA) is 79.6 Å². The maximum atomic E-state index is 13.4. The van der Waals surface area contributed by atoms with Crippen molar-refractivity contribution in [1.29, 1.82) is 5.26 Å². The first-order valence-electron chi connectivity index (χ1n) is 12.1. The van der Waals surface area contributed by atoms with Crippen LogP contribution in [0.15, 0.2) is 59.2 Å². The molecule has 1 heterocycles. The number of hydrogen-bond acceptors (Lipinski definition) is 5. The molecule has 2 aliphatic rings. The molecule has 0 radical (unpaired) electrons. The van der Waals surface area contributed by atoms with E-state index in [1.54, 1.807) is 13.0 Å². The van der Waals surface area contributed by atoms with Crippen molar-refractivity contribution in [3.63, 3.8) is 0 Å². The Morgan fingerprint density at radius 2 is 1.71 bits per heavy atom. The molecule has 0 N–H and O–H groups in total. The molecule has 180 valence electrons. The fraction of sp³-hybridized carbons (Fsp3) is 0.345. The third kappa shape index (κ3) is 5.14. The summed E-state index contributed by atoms with van der Waals surface area (Å²) in [4.78, 5) is 27.6. The number of carbonyl (C=O) groups is 2. The van der Waals surface area contributed by atoms with E-state index < -0.39 is 5.91 Å². The van der Waals surface area contributed by atoms with Crippen molar-refractivity contribution < 1.29 is 19.1 Å². The Kier molecular flexibility index (Phi) is 7.36. The van der Waals surface area contributed by atoms with Crippen LogP contribution in [-0.2, 0) is 16.2 Å². The summed E-state index contributed by atoms with van der Waals surface area (Å²) in [6, 6.07) is 15.5.